The van der Waals surface area contributed by atoms with E-state index in [0.29, 0.717) is 12.8 Å². The van der Waals surface area contributed by atoms with Crippen LogP contribution in [0.3, 0.4) is 0 Å². The molecule has 0 fully saturated rings. The zero-order valence-corrected chi connectivity index (χ0v) is 36.1. The van der Waals surface area contributed by atoms with Crippen molar-refractivity contribution < 1.29 is 32.7 Å². The van der Waals surface area contributed by atoms with E-state index < -0.39 is 43.0 Å². The third-order valence-corrected chi connectivity index (χ3v) is 20.2. The molecule has 0 saturated carbocycles. The van der Waals surface area contributed by atoms with Gasteiger partial charge in [-0.2, -0.15) is 0 Å². The Hall–Kier alpha value is -1.65. The van der Waals surface area contributed by atoms with Crippen molar-refractivity contribution in [2.45, 2.75) is 187 Å². The molecule has 2 unspecified atom stereocenters. The maximum Gasteiger partial charge on any atom is 0.308 e. The summed E-state index contributed by atoms with van der Waals surface area (Å²) >= 11 is 0. The number of aliphatic carboxylic acids is 1. The number of carbonyl (C=O) groups excluding carboxylic acids is 1. The Morgan fingerprint density at radius 2 is 1.62 bits per heavy atom. The minimum atomic E-state index is -2.16. The molecular formula is C38H70O7Si3. The molecule has 0 amide bonds. The molecule has 10 heteroatoms. The first kappa shape index (κ1) is 44.4. The van der Waals surface area contributed by atoms with Crippen molar-refractivity contribution >= 4 is 36.9 Å². The summed E-state index contributed by atoms with van der Waals surface area (Å²) < 4.78 is 26.4. The first-order chi connectivity index (χ1) is 22.1. The van der Waals surface area contributed by atoms with Gasteiger partial charge in [0.1, 0.15) is 0 Å². The van der Waals surface area contributed by atoms with Gasteiger partial charge >= 0.3 is 11.9 Å². The number of rotatable bonds is 20. The number of carboxylic acids is 1. The zero-order valence-electron chi connectivity index (χ0n) is 33.1. The van der Waals surface area contributed by atoms with Crippen molar-refractivity contribution in [1.29, 1.82) is 0 Å². The number of hydrogen-bond acceptors (Lipinski definition) is 6. The van der Waals surface area contributed by atoms with E-state index >= 15 is 0 Å². The molecular weight excluding hydrogens is 653 g/mol. The predicted molar refractivity (Wildman–Crippen MR) is 206 cm³/mol. The molecule has 48 heavy (non-hydrogen) atoms. The maximum atomic E-state index is 11.6. The average molecular weight is 723 g/mol. The van der Waals surface area contributed by atoms with Crippen LogP contribution < -0.4 is 0 Å². The van der Waals surface area contributed by atoms with Crippen LogP contribution in [0, 0.1) is 17.8 Å². The number of carbonyl (C=O) groups is 2. The van der Waals surface area contributed by atoms with Crippen LogP contribution in [0.5, 0.6) is 0 Å². The lowest BCUT2D eigenvalue weighted by atomic mass is 9.91. The van der Waals surface area contributed by atoms with E-state index in [9.17, 15) is 14.7 Å². The van der Waals surface area contributed by atoms with Gasteiger partial charge in [-0.3, -0.25) is 9.59 Å². The Kier molecular flexibility index (Phi) is 17.7. The van der Waals surface area contributed by atoms with Crippen molar-refractivity contribution in [3.63, 3.8) is 0 Å². The summed E-state index contributed by atoms with van der Waals surface area (Å²) in [5.74, 6) is 5.55. The van der Waals surface area contributed by atoms with Crippen LogP contribution in [-0.2, 0) is 27.6 Å². The fourth-order valence-electron chi connectivity index (χ4n) is 6.21. The second-order valence-electron chi connectivity index (χ2n) is 16.4. The molecule has 4 atom stereocenters. The van der Waals surface area contributed by atoms with Crippen molar-refractivity contribution in [3.05, 3.63) is 23.5 Å². The number of hydrogen-bond donors (Lipinski definition) is 1. The SMILES string of the molecule is CCCCC(C)(C/C=C/[C@H]1C(CCC#CC(CC(=O)O)OC(C)=O)=C(O[Si](C)(C)C(C)(C)C)C[C@@H]1O[Si](CC)(CC)CC)O[Si](C)(C)C. The van der Waals surface area contributed by atoms with Crippen LogP contribution in [0.2, 0.25) is 55.9 Å². The van der Waals surface area contributed by atoms with Crippen LogP contribution in [0.4, 0.5) is 0 Å². The van der Waals surface area contributed by atoms with Crippen molar-refractivity contribution in [1.82, 2.24) is 0 Å². The van der Waals surface area contributed by atoms with E-state index in [1.807, 2.05) is 0 Å². The Bertz CT molecular complexity index is 1140. The lowest BCUT2D eigenvalue weighted by molar-refractivity contribution is -0.147. The predicted octanol–water partition coefficient (Wildman–Crippen LogP) is 10.6. The normalized spacial score (nSPS) is 19.5. The van der Waals surface area contributed by atoms with Crippen molar-refractivity contribution in [3.8, 4) is 11.8 Å². The van der Waals surface area contributed by atoms with Gasteiger partial charge in [-0.15, -0.1) is 0 Å². The topological polar surface area (TPSA) is 91.3 Å². The van der Waals surface area contributed by atoms with Gasteiger partial charge < -0.3 is 23.1 Å². The summed E-state index contributed by atoms with van der Waals surface area (Å²) in [4.78, 5) is 22.9. The third-order valence-electron chi connectivity index (χ3n) is 10.0. The molecule has 1 aliphatic rings. The quantitative estimate of drug-likeness (QED) is 0.0579. The van der Waals surface area contributed by atoms with E-state index in [1.54, 1.807) is 0 Å². The van der Waals surface area contributed by atoms with Gasteiger partial charge in [0.05, 0.1) is 23.9 Å². The monoisotopic (exact) mass is 722 g/mol. The average Bonchev–Trinajstić information content (AvgIpc) is 3.24. The van der Waals surface area contributed by atoms with Gasteiger partial charge in [-0.25, -0.2) is 0 Å². The summed E-state index contributed by atoms with van der Waals surface area (Å²) in [5.41, 5.74) is 1.01. The van der Waals surface area contributed by atoms with Crippen LogP contribution >= 0.6 is 0 Å². The van der Waals surface area contributed by atoms with E-state index in [-0.39, 0.29) is 29.1 Å². The summed E-state index contributed by atoms with van der Waals surface area (Å²) in [5, 5.41) is 9.33. The fourth-order valence-corrected chi connectivity index (χ4v) is 11.9. The van der Waals surface area contributed by atoms with Gasteiger partial charge in [-0.05, 0) is 87.7 Å². The minimum Gasteiger partial charge on any atom is -0.546 e. The standard InChI is InChI=1S/C38H70O7Si3/c1-15-19-26-38(9,45-46(10,11)12)27-22-25-33-32(24-21-20-23-31(28-36(40)41)42-30(5)39)34(43-47(13,14)37(6,7)8)29-35(33)44-48(16-2,17-3)18-4/h22,25,31,33,35H,15-19,21,24,26-29H2,1-14H3,(H,40,41)/b25-22+/t31?,33-,35-,38?/m0/s1. The van der Waals surface area contributed by atoms with Crippen LogP contribution in [0.25, 0.3) is 0 Å². The van der Waals surface area contributed by atoms with E-state index in [4.69, 9.17) is 18.0 Å². The van der Waals surface area contributed by atoms with Gasteiger partial charge in [0.25, 0.3) is 0 Å². The van der Waals surface area contributed by atoms with E-state index in [2.05, 4.69) is 112 Å². The van der Waals surface area contributed by atoms with Crippen LogP contribution in [0.1, 0.15) is 114 Å². The molecule has 1 N–H and O–H groups in total. The molecule has 0 bridgehead atoms. The van der Waals surface area contributed by atoms with Gasteiger partial charge in [0, 0.05) is 25.7 Å². The van der Waals surface area contributed by atoms with E-state index in [0.717, 1.165) is 56.0 Å². The zero-order chi connectivity index (χ0) is 37.0. The fraction of sp³-hybridized carbons (Fsp3) is 0.789. The summed E-state index contributed by atoms with van der Waals surface area (Å²) in [6.45, 7) is 30.8. The lowest BCUT2D eigenvalue weighted by Crippen LogP contribution is -2.42. The molecule has 0 radical (unpaired) electrons. The lowest BCUT2D eigenvalue weighted by Gasteiger charge is -2.37. The number of ether oxygens (including phenoxy) is 1. The number of esters is 1. The molecule has 276 valence electrons. The summed E-state index contributed by atoms with van der Waals surface area (Å²) in [6.07, 6.45) is 9.42. The van der Waals surface area contributed by atoms with Crippen LogP contribution in [0.15, 0.2) is 23.5 Å². The molecule has 1 rings (SSSR count). The molecule has 7 nitrogen and oxygen atoms in total. The molecule has 0 aromatic rings. The van der Waals surface area contributed by atoms with Crippen molar-refractivity contribution in [2.24, 2.45) is 5.92 Å². The highest BCUT2D eigenvalue weighted by Crippen LogP contribution is 2.46. The maximum absolute atomic E-state index is 11.6. The highest BCUT2D eigenvalue weighted by atomic mass is 28.4. The number of carboxylic acid groups (broad SMARTS) is 1. The van der Waals surface area contributed by atoms with Gasteiger partial charge in [0.15, 0.2) is 22.7 Å². The number of unbranched alkanes of at least 4 members (excludes halogenated alkanes) is 1. The second kappa shape index (κ2) is 19.1. The molecule has 0 saturated heterocycles. The van der Waals surface area contributed by atoms with Crippen molar-refractivity contribution in [2.75, 3.05) is 0 Å². The first-order valence-electron chi connectivity index (χ1n) is 18.4. The van der Waals surface area contributed by atoms with E-state index in [1.165, 1.54) is 12.5 Å². The first-order valence-corrected chi connectivity index (χ1v) is 27.2. The molecule has 0 aromatic carbocycles. The molecule has 0 aromatic heterocycles. The van der Waals surface area contributed by atoms with Gasteiger partial charge in [-0.1, -0.05) is 85.3 Å². The molecule has 0 spiro atoms. The highest BCUT2D eigenvalue weighted by molar-refractivity contribution is 6.74. The second-order valence-corrected chi connectivity index (χ2v) is 30.2. The molecule has 1 aliphatic carbocycles. The third kappa shape index (κ3) is 14.7. The largest absolute Gasteiger partial charge is 0.546 e. The Labute approximate surface area is 297 Å². The Morgan fingerprint density at radius 1 is 1.02 bits per heavy atom. The Balaban J connectivity index is 3.68. The Morgan fingerprint density at radius 3 is 2.10 bits per heavy atom. The van der Waals surface area contributed by atoms with Gasteiger partial charge in [0.2, 0.25) is 8.32 Å². The highest BCUT2D eigenvalue weighted by Gasteiger charge is 2.45. The molecule has 0 heterocycles. The molecule has 0 aliphatic heterocycles. The van der Waals surface area contributed by atoms with Crippen LogP contribution in [-0.4, -0.2) is 59.8 Å². The summed E-state index contributed by atoms with van der Waals surface area (Å²) in [7, 11) is -5.87. The smallest absolute Gasteiger partial charge is 0.308 e. The minimum absolute atomic E-state index is 0.00360. The summed E-state index contributed by atoms with van der Waals surface area (Å²) in [6, 6.07) is 3.23.